The zero-order chi connectivity index (χ0) is 30.5. The van der Waals surface area contributed by atoms with Crippen molar-refractivity contribution in [2.45, 2.75) is 52.1 Å². The van der Waals surface area contributed by atoms with Crippen molar-refractivity contribution >= 4 is 39.1 Å². The lowest BCUT2D eigenvalue weighted by Gasteiger charge is -2.32. The number of anilines is 1. The van der Waals surface area contributed by atoms with Crippen molar-refractivity contribution in [2.24, 2.45) is 0 Å². The SMILES string of the molecule is CCCNC(=O)C(Cc1ccccc1)N(Cc1ccccc1Cl)C(=O)CCCN(c1ccccc1OCC)S(C)(=O)=O. The molecule has 1 unspecified atom stereocenters. The molecule has 8 nitrogen and oxygen atoms in total. The molecule has 0 aliphatic heterocycles. The summed E-state index contributed by atoms with van der Waals surface area (Å²) in [5, 5.41) is 3.45. The first-order valence-corrected chi connectivity index (χ1v) is 16.4. The molecule has 226 valence electrons. The van der Waals surface area contributed by atoms with Crippen LogP contribution in [0.5, 0.6) is 5.75 Å². The predicted molar refractivity (Wildman–Crippen MR) is 168 cm³/mol. The number of carbonyl (C=O) groups is 2. The first-order valence-electron chi connectivity index (χ1n) is 14.2. The number of amides is 2. The van der Waals surface area contributed by atoms with Gasteiger partial charge < -0.3 is 15.0 Å². The minimum atomic E-state index is -3.67. The Morgan fingerprint density at radius 2 is 1.62 bits per heavy atom. The number of rotatable bonds is 16. The van der Waals surface area contributed by atoms with Crippen molar-refractivity contribution in [3.05, 3.63) is 95.0 Å². The molecule has 1 N–H and O–H groups in total. The van der Waals surface area contributed by atoms with E-state index in [9.17, 15) is 18.0 Å². The fourth-order valence-corrected chi connectivity index (χ4v) is 5.82. The number of nitrogens with zero attached hydrogens (tertiary/aromatic N) is 2. The molecule has 0 aromatic heterocycles. The van der Waals surface area contributed by atoms with Gasteiger partial charge in [-0.2, -0.15) is 0 Å². The quantitative estimate of drug-likeness (QED) is 0.232. The van der Waals surface area contributed by atoms with Crippen molar-refractivity contribution in [3.63, 3.8) is 0 Å². The van der Waals surface area contributed by atoms with E-state index in [1.54, 1.807) is 35.2 Å². The monoisotopic (exact) mass is 613 g/mol. The fourth-order valence-electron chi connectivity index (χ4n) is 4.65. The molecule has 0 aliphatic rings. The topological polar surface area (TPSA) is 96.0 Å². The van der Waals surface area contributed by atoms with Crippen LogP contribution in [0.15, 0.2) is 78.9 Å². The lowest BCUT2D eigenvalue weighted by atomic mass is 10.0. The molecule has 0 radical (unpaired) electrons. The molecule has 0 saturated carbocycles. The average Bonchev–Trinajstić information content (AvgIpc) is 2.97. The second kappa shape index (κ2) is 16.2. The van der Waals surface area contributed by atoms with Crippen LogP contribution in [-0.2, 0) is 32.6 Å². The number of halogens is 1. The van der Waals surface area contributed by atoms with Crippen LogP contribution < -0.4 is 14.4 Å². The molecule has 42 heavy (non-hydrogen) atoms. The Kier molecular flexibility index (Phi) is 12.7. The summed E-state index contributed by atoms with van der Waals surface area (Å²) < 4.78 is 32.5. The van der Waals surface area contributed by atoms with E-state index in [0.29, 0.717) is 36.0 Å². The maximum absolute atomic E-state index is 13.9. The predicted octanol–water partition coefficient (Wildman–Crippen LogP) is 5.45. The van der Waals surface area contributed by atoms with Crippen molar-refractivity contribution < 1.29 is 22.7 Å². The molecule has 3 aromatic carbocycles. The molecule has 0 fully saturated rings. The number of nitrogens with one attached hydrogen (secondary N) is 1. The maximum Gasteiger partial charge on any atom is 0.243 e. The van der Waals surface area contributed by atoms with Gasteiger partial charge in [-0.1, -0.05) is 79.2 Å². The molecule has 0 heterocycles. The van der Waals surface area contributed by atoms with Crippen LogP contribution in [0.1, 0.15) is 44.2 Å². The normalized spacial score (nSPS) is 11.9. The average molecular weight is 614 g/mol. The zero-order valence-corrected chi connectivity index (χ0v) is 26.0. The number of ether oxygens (including phenoxy) is 1. The Hall–Kier alpha value is -3.56. The Bertz CT molecular complexity index is 1420. The molecule has 0 spiro atoms. The fraction of sp³-hybridized carbons (Fsp3) is 0.375. The van der Waals surface area contributed by atoms with E-state index in [1.807, 2.05) is 62.4 Å². The van der Waals surface area contributed by atoms with Gasteiger partial charge >= 0.3 is 0 Å². The smallest absolute Gasteiger partial charge is 0.243 e. The van der Waals surface area contributed by atoms with Crippen LogP contribution in [-0.4, -0.2) is 57.1 Å². The molecule has 0 bridgehead atoms. The first kappa shape index (κ1) is 32.9. The van der Waals surface area contributed by atoms with E-state index in [1.165, 1.54) is 4.31 Å². The summed E-state index contributed by atoms with van der Waals surface area (Å²) in [6.45, 7) is 4.87. The number of para-hydroxylation sites is 2. The molecule has 3 rings (SSSR count). The minimum Gasteiger partial charge on any atom is -0.492 e. The van der Waals surface area contributed by atoms with Gasteiger partial charge in [0.1, 0.15) is 11.8 Å². The standard InChI is InChI=1S/C32H40ClN3O5S/c1-4-21-34-32(38)29(23-25-14-7-6-8-15-25)35(24-26-16-9-10-17-27(26)33)31(37)20-13-22-36(42(3,39)40)28-18-11-12-19-30(28)41-5-2/h6-12,14-19,29H,4-5,13,20-24H2,1-3H3,(H,34,38). The lowest BCUT2D eigenvalue weighted by molar-refractivity contribution is -0.141. The Morgan fingerprint density at radius 3 is 2.29 bits per heavy atom. The van der Waals surface area contributed by atoms with E-state index in [-0.39, 0.29) is 37.7 Å². The van der Waals surface area contributed by atoms with Crippen LogP contribution in [0.3, 0.4) is 0 Å². The Balaban J connectivity index is 1.89. The third-order valence-electron chi connectivity index (χ3n) is 6.70. The van der Waals surface area contributed by atoms with Gasteiger partial charge in [0.2, 0.25) is 21.8 Å². The third-order valence-corrected chi connectivity index (χ3v) is 8.25. The highest BCUT2D eigenvalue weighted by Gasteiger charge is 2.31. The Labute approximate surface area is 254 Å². The number of hydrogen-bond donors (Lipinski definition) is 1. The van der Waals surface area contributed by atoms with Gasteiger partial charge in [-0.05, 0) is 49.1 Å². The van der Waals surface area contributed by atoms with E-state index < -0.39 is 16.1 Å². The molecule has 0 aliphatic carbocycles. The summed E-state index contributed by atoms with van der Waals surface area (Å²) in [5.74, 6) is -0.0637. The van der Waals surface area contributed by atoms with E-state index in [4.69, 9.17) is 16.3 Å². The van der Waals surface area contributed by atoms with Crippen molar-refractivity contribution in [1.82, 2.24) is 10.2 Å². The number of benzene rings is 3. The highest BCUT2D eigenvalue weighted by Crippen LogP contribution is 2.30. The highest BCUT2D eigenvalue weighted by molar-refractivity contribution is 7.92. The van der Waals surface area contributed by atoms with Gasteiger partial charge in [0.25, 0.3) is 0 Å². The van der Waals surface area contributed by atoms with Gasteiger partial charge in [0.05, 0.1) is 18.6 Å². The van der Waals surface area contributed by atoms with Crippen LogP contribution >= 0.6 is 11.6 Å². The van der Waals surface area contributed by atoms with Gasteiger partial charge in [0, 0.05) is 37.5 Å². The molecule has 3 aromatic rings. The van der Waals surface area contributed by atoms with Gasteiger partial charge in [0.15, 0.2) is 0 Å². The van der Waals surface area contributed by atoms with Crippen molar-refractivity contribution in [1.29, 1.82) is 0 Å². The number of sulfonamides is 1. The zero-order valence-electron chi connectivity index (χ0n) is 24.5. The summed E-state index contributed by atoms with van der Waals surface area (Å²) in [6, 6.07) is 22.9. The second-order valence-electron chi connectivity index (χ2n) is 9.95. The van der Waals surface area contributed by atoms with Gasteiger partial charge in [-0.3, -0.25) is 13.9 Å². The van der Waals surface area contributed by atoms with Gasteiger partial charge in [-0.15, -0.1) is 0 Å². The molecule has 2 amide bonds. The second-order valence-corrected chi connectivity index (χ2v) is 12.3. The molecular formula is C32H40ClN3O5S. The van der Waals surface area contributed by atoms with Crippen LogP contribution in [0, 0.1) is 0 Å². The van der Waals surface area contributed by atoms with Crippen molar-refractivity contribution in [2.75, 3.05) is 30.3 Å². The van der Waals surface area contributed by atoms with Crippen molar-refractivity contribution in [3.8, 4) is 5.75 Å². The number of hydrogen-bond acceptors (Lipinski definition) is 5. The highest BCUT2D eigenvalue weighted by atomic mass is 35.5. The molecular weight excluding hydrogens is 574 g/mol. The summed E-state index contributed by atoms with van der Waals surface area (Å²) in [5.41, 5.74) is 2.06. The molecule has 1 atom stereocenters. The van der Waals surface area contributed by atoms with Crippen LogP contribution in [0.2, 0.25) is 5.02 Å². The largest absolute Gasteiger partial charge is 0.492 e. The summed E-state index contributed by atoms with van der Waals surface area (Å²) >= 11 is 6.48. The number of carbonyl (C=O) groups excluding carboxylic acids is 2. The molecule has 0 saturated heterocycles. The van der Waals surface area contributed by atoms with E-state index in [2.05, 4.69) is 5.32 Å². The lowest BCUT2D eigenvalue weighted by Crippen LogP contribution is -2.50. The third kappa shape index (κ3) is 9.49. The summed E-state index contributed by atoms with van der Waals surface area (Å²) in [7, 11) is -3.67. The summed E-state index contributed by atoms with van der Waals surface area (Å²) in [6.07, 6.45) is 2.48. The van der Waals surface area contributed by atoms with Crippen LogP contribution in [0.4, 0.5) is 5.69 Å². The van der Waals surface area contributed by atoms with E-state index >= 15 is 0 Å². The molecule has 10 heteroatoms. The van der Waals surface area contributed by atoms with Gasteiger partial charge in [-0.25, -0.2) is 8.42 Å². The minimum absolute atomic E-state index is 0.0274. The summed E-state index contributed by atoms with van der Waals surface area (Å²) in [4.78, 5) is 29.0. The van der Waals surface area contributed by atoms with Crippen LogP contribution in [0.25, 0.3) is 0 Å². The first-order chi connectivity index (χ1) is 20.2. The van der Waals surface area contributed by atoms with E-state index in [0.717, 1.165) is 23.8 Å². The Morgan fingerprint density at radius 1 is 0.952 bits per heavy atom. The maximum atomic E-state index is 13.9.